The Balaban J connectivity index is 2.21. The number of hydrogen-bond donors (Lipinski definition) is 1. The molecule has 0 saturated heterocycles. The summed E-state index contributed by atoms with van der Waals surface area (Å²) < 4.78 is 54.0. The Morgan fingerprint density at radius 3 is 2.14 bits per heavy atom. The van der Waals surface area contributed by atoms with Crippen molar-refractivity contribution in [2.75, 3.05) is 27.5 Å². The summed E-state index contributed by atoms with van der Waals surface area (Å²) in [5.41, 5.74) is 0.865. The van der Waals surface area contributed by atoms with Gasteiger partial charge in [0, 0.05) is 32.5 Å². The van der Waals surface area contributed by atoms with E-state index in [0.29, 0.717) is 5.56 Å². The SMILES string of the molecule is COc1ccc(C(=O)NCc2ccc(S(C)(=O)=O)cc2)cc1S(=O)(=O)N(C)C. The molecule has 152 valence electrons. The van der Waals surface area contributed by atoms with E-state index in [1.54, 1.807) is 12.1 Å². The van der Waals surface area contributed by atoms with Crippen molar-refractivity contribution in [3.8, 4) is 5.75 Å². The van der Waals surface area contributed by atoms with E-state index in [1.807, 2.05) is 0 Å². The second-order valence-electron chi connectivity index (χ2n) is 6.25. The number of sulfone groups is 1. The van der Waals surface area contributed by atoms with Gasteiger partial charge in [-0.15, -0.1) is 0 Å². The van der Waals surface area contributed by atoms with Crippen molar-refractivity contribution in [2.24, 2.45) is 0 Å². The van der Waals surface area contributed by atoms with Gasteiger partial charge in [-0.25, -0.2) is 21.1 Å². The number of amides is 1. The lowest BCUT2D eigenvalue weighted by molar-refractivity contribution is 0.0950. The van der Waals surface area contributed by atoms with E-state index in [9.17, 15) is 21.6 Å². The van der Waals surface area contributed by atoms with Crippen molar-refractivity contribution in [1.82, 2.24) is 9.62 Å². The average molecular weight is 427 g/mol. The molecule has 10 heteroatoms. The number of nitrogens with one attached hydrogen (secondary N) is 1. The van der Waals surface area contributed by atoms with Gasteiger partial charge in [-0.1, -0.05) is 12.1 Å². The predicted molar refractivity (Wildman–Crippen MR) is 105 cm³/mol. The second kappa shape index (κ2) is 8.29. The molecule has 0 aliphatic rings. The minimum atomic E-state index is -3.79. The van der Waals surface area contributed by atoms with Crippen LogP contribution in [0.25, 0.3) is 0 Å². The Labute approximate surface area is 165 Å². The van der Waals surface area contributed by atoms with Gasteiger partial charge in [0.2, 0.25) is 10.0 Å². The van der Waals surface area contributed by atoms with Crippen LogP contribution in [0.4, 0.5) is 0 Å². The Morgan fingerprint density at radius 1 is 1.04 bits per heavy atom. The van der Waals surface area contributed by atoms with Crippen LogP contribution in [-0.4, -0.2) is 54.5 Å². The molecule has 0 atom stereocenters. The third-order valence-electron chi connectivity index (χ3n) is 3.99. The Bertz CT molecular complexity index is 1080. The highest BCUT2D eigenvalue weighted by Gasteiger charge is 2.23. The summed E-state index contributed by atoms with van der Waals surface area (Å²) in [6, 6.07) is 10.3. The zero-order valence-corrected chi connectivity index (χ0v) is 17.6. The van der Waals surface area contributed by atoms with Gasteiger partial charge in [-0.05, 0) is 35.9 Å². The summed E-state index contributed by atoms with van der Waals surface area (Å²) in [6.07, 6.45) is 1.12. The molecule has 0 fully saturated rings. The number of nitrogens with zero attached hydrogens (tertiary/aromatic N) is 1. The summed E-state index contributed by atoms with van der Waals surface area (Å²) in [7, 11) is -2.94. The van der Waals surface area contributed by atoms with Crippen LogP contribution >= 0.6 is 0 Å². The first-order chi connectivity index (χ1) is 13.0. The third-order valence-corrected chi connectivity index (χ3v) is 6.95. The predicted octanol–water partition coefficient (Wildman–Crippen LogP) is 1.28. The molecule has 0 unspecified atom stereocenters. The van der Waals surface area contributed by atoms with Crippen LogP contribution in [0, 0.1) is 0 Å². The second-order valence-corrected chi connectivity index (χ2v) is 10.4. The number of hydrogen-bond acceptors (Lipinski definition) is 6. The van der Waals surface area contributed by atoms with Crippen molar-refractivity contribution in [1.29, 1.82) is 0 Å². The van der Waals surface area contributed by atoms with E-state index in [2.05, 4.69) is 5.32 Å². The van der Waals surface area contributed by atoms with Crippen molar-refractivity contribution < 1.29 is 26.4 Å². The van der Waals surface area contributed by atoms with Crippen LogP contribution in [0.5, 0.6) is 5.75 Å². The van der Waals surface area contributed by atoms with Gasteiger partial charge < -0.3 is 10.1 Å². The van der Waals surface area contributed by atoms with Crippen molar-refractivity contribution in [2.45, 2.75) is 16.3 Å². The fraction of sp³-hybridized carbons (Fsp3) is 0.278. The van der Waals surface area contributed by atoms with Gasteiger partial charge in [0.1, 0.15) is 10.6 Å². The molecule has 0 aliphatic heterocycles. The van der Waals surface area contributed by atoms with Crippen LogP contribution in [0.1, 0.15) is 15.9 Å². The van der Waals surface area contributed by atoms with Crippen LogP contribution < -0.4 is 10.1 Å². The van der Waals surface area contributed by atoms with Gasteiger partial charge in [0.15, 0.2) is 9.84 Å². The fourth-order valence-corrected chi connectivity index (χ4v) is 4.06. The first kappa shape index (κ1) is 21.9. The molecule has 0 bridgehead atoms. The maximum atomic E-state index is 12.4. The van der Waals surface area contributed by atoms with Gasteiger partial charge in [0.25, 0.3) is 5.91 Å². The fourth-order valence-electron chi connectivity index (χ4n) is 2.36. The Hall–Kier alpha value is -2.43. The van der Waals surface area contributed by atoms with Crippen LogP contribution in [0.15, 0.2) is 52.3 Å². The molecule has 0 heterocycles. The molecule has 1 amide bonds. The van der Waals surface area contributed by atoms with E-state index in [1.165, 1.54) is 51.5 Å². The Morgan fingerprint density at radius 2 is 1.64 bits per heavy atom. The van der Waals surface area contributed by atoms with Gasteiger partial charge in [-0.3, -0.25) is 4.79 Å². The van der Waals surface area contributed by atoms with Gasteiger partial charge >= 0.3 is 0 Å². The number of carbonyl (C=O) groups is 1. The van der Waals surface area contributed by atoms with Crippen LogP contribution in [0.2, 0.25) is 0 Å². The van der Waals surface area contributed by atoms with Crippen LogP contribution in [0.3, 0.4) is 0 Å². The molecule has 0 aromatic heterocycles. The van der Waals surface area contributed by atoms with E-state index in [4.69, 9.17) is 4.74 Å². The zero-order chi connectivity index (χ0) is 21.1. The topological polar surface area (TPSA) is 110 Å². The standard InChI is InChI=1S/C18H22N2O6S2/c1-20(2)28(24,25)17-11-14(7-10-16(17)26-3)18(21)19-12-13-5-8-15(9-6-13)27(4,22)23/h5-11H,12H2,1-4H3,(H,19,21). The van der Waals surface area contributed by atoms with E-state index < -0.39 is 25.8 Å². The summed E-state index contributed by atoms with van der Waals surface area (Å²) >= 11 is 0. The molecule has 0 radical (unpaired) electrons. The summed E-state index contributed by atoms with van der Waals surface area (Å²) in [6.45, 7) is 0.157. The molecule has 2 rings (SSSR count). The largest absolute Gasteiger partial charge is 0.495 e. The lowest BCUT2D eigenvalue weighted by Crippen LogP contribution is -2.25. The van der Waals surface area contributed by atoms with Crippen molar-refractivity contribution >= 4 is 25.8 Å². The first-order valence-corrected chi connectivity index (χ1v) is 11.5. The summed E-state index contributed by atoms with van der Waals surface area (Å²) in [4.78, 5) is 12.5. The summed E-state index contributed by atoms with van der Waals surface area (Å²) in [5.74, 6) is -0.327. The third kappa shape index (κ3) is 4.89. The zero-order valence-electron chi connectivity index (χ0n) is 16.0. The maximum Gasteiger partial charge on any atom is 0.251 e. The smallest absolute Gasteiger partial charge is 0.251 e. The maximum absolute atomic E-state index is 12.4. The van der Waals surface area contributed by atoms with Crippen molar-refractivity contribution in [3.63, 3.8) is 0 Å². The molecule has 28 heavy (non-hydrogen) atoms. The van der Waals surface area contributed by atoms with E-state index >= 15 is 0 Å². The van der Waals surface area contributed by atoms with Gasteiger partial charge in [0.05, 0.1) is 12.0 Å². The summed E-state index contributed by atoms with van der Waals surface area (Å²) in [5, 5.41) is 2.68. The number of ether oxygens (including phenoxy) is 1. The number of sulfonamides is 1. The molecule has 0 aliphatic carbocycles. The highest BCUT2D eigenvalue weighted by molar-refractivity contribution is 7.90. The van der Waals surface area contributed by atoms with Gasteiger partial charge in [-0.2, -0.15) is 0 Å². The normalized spacial score (nSPS) is 12.0. The molecule has 1 N–H and O–H groups in total. The van der Waals surface area contributed by atoms with E-state index in [-0.39, 0.29) is 27.6 Å². The number of rotatable bonds is 7. The molecular formula is C18H22N2O6S2. The number of carbonyl (C=O) groups excluding carboxylic acids is 1. The van der Waals surface area contributed by atoms with E-state index in [0.717, 1.165) is 10.6 Å². The monoisotopic (exact) mass is 426 g/mol. The highest BCUT2D eigenvalue weighted by atomic mass is 32.2. The molecule has 2 aromatic carbocycles. The Kier molecular flexibility index (Phi) is 6.48. The van der Waals surface area contributed by atoms with Crippen LogP contribution in [-0.2, 0) is 26.4 Å². The van der Waals surface area contributed by atoms with Crippen molar-refractivity contribution in [3.05, 3.63) is 53.6 Å². The lowest BCUT2D eigenvalue weighted by atomic mass is 10.2. The average Bonchev–Trinajstić information content (AvgIpc) is 2.65. The minimum Gasteiger partial charge on any atom is -0.495 e. The molecular weight excluding hydrogens is 404 g/mol. The number of benzene rings is 2. The minimum absolute atomic E-state index is 0.106. The molecule has 2 aromatic rings. The lowest BCUT2D eigenvalue weighted by Gasteiger charge is -2.15. The highest BCUT2D eigenvalue weighted by Crippen LogP contribution is 2.26. The molecule has 0 spiro atoms. The first-order valence-electron chi connectivity index (χ1n) is 8.14. The molecule has 0 saturated carbocycles. The molecule has 8 nitrogen and oxygen atoms in total. The quantitative estimate of drug-likeness (QED) is 0.714. The number of methoxy groups -OCH3 is 1.